The highest BCUT2D eigenvalue weighted by Crippen LogP contribution is 2.40. The molecule has 0 radical (unpaired) electrons. The fourth-order valence-corrected chi connectivity index (χ4v) is 4.21. The van der Waals surface area contributed by atoms with Crippen molar-refractivity contribution >= 4 is 10.9 Å². The molecule has 1 aliphatic heterocycles. The van der Waals surface area contributed by atoms with Gasteiger partial charge in [0.25, 0.3) is 0 Å². The molecule has 3 aromatic heterocycles. The van der Waals surface area contributed by atoms with Crippen LogP contribution >= 0.6 is 0 Å². The SMILES string of the molecule is Cc1cccc(-c2nn3c(c2-c2ccnc4ccc(C(C)(C)O)cc24)CCC3)n1. The van der Waals surface area contributed by atoms with Crippen molar-refractivity contribution in [3.05, 3.63) is 65.6 Å². The first-order valence-electron chi connectivity index (χ1n) is 10.1. The van der Waals surface area contributed by atoms with Crippen molar-refractivity contribution in [2.75, 3.05) is 0 Å². The summed E-state index contributed by atoms with van der Waals surface area (Å²) in [6.07, 6.45) is 3.96. The Bertz CT molecular complexity index is 1230. The quantitative estimate of drug-likeness (QED) is 0.559. The summed E-state index contributed by atoms with van der Waals surface area (Å²) in [6.45, 7) is 6.56. The van der Waals surface area contributed by atoms with Crippen LogP contribution in [0.1, 0.15) is 37.2 Å². The Morgan fingerprint density at radius 2 is 1.97 bits per heavy atom. The topological polar surface area (TPSA) is 63.8 Å². The minimum Gasteiger partial charge on any atom is -0.386 e. The predicted octanol–water partition coefficient (Wildman–Crippen LogP) is 4.64. The first-order chi connectivity index (χ1) is 13.9. The highest BCUT2D eigenvalue weighted by atomic mass is 16.3. The number of hydrogen-bond donors (Lipinski definition) is 1. The minimum atomic E-state index is -0.913. The molecule has 0 fully saturated rings. The van der Waals surface area contributed by atoms with Crippen molar-refractivity contribution in [3.8, 4) is 22.5 Å². The maximum Gasteiger partial charge on any atom is 0.119 e. The zero-order valence-corrected chi connectivity index (χ0v) is 17.0. The minimum absolute atomic E-state index is 0.873. The van der Waals surface area contributed by atoms with Gasteiger partial charge < -0.3 is 5.11 Å². The van der Waals surface area contributed by atoms with E-state index >= 15 is 0 Å². The molecule has 1 aliphatic rings. The van der Waals surface area contributed by atoms with Gasteiger partial charge in [-0.3, -0.25) is 14.6 Å². The lowest BCUT2D eigenvalue weighted by atomic mass is 9.92. The smallest absolute Gasteiger partial charge is 0.119 e. The van der Waals surface area contributed by atoms with Gasteiger partial charge in [0.2, 0.25) is 0 Å². The van der Waals surface area contributed by atoms with Crippen LogP contribution in [-0.4, -0.2) is 24.9 Å². The number of aromatic nitrogens is 4. The molecule has 0 spiro atoms. The van der Waals surface area contributed by atoms with Gasteiger partial charge >= 0.3 is 0 Å². The van der Waals surface area contributed by atoms with E-state index in [4.69, 9.17) is 10.1 Å². The molecule has 0 aliphatic carbocycles. The number of benzene rings is 1. The van der Waals surface area contributed by atoms with Crippen LogP contribution in [0.25, 0.3) is 33.4 Å². The number of pyridine rings is 2. The summed E-state index contributed by atoms with van der Waals surface area (Å²) < 4.78 is 2.13. The third kappa shape index (κ3) is 3.02. The van der Waals surface area contributed by atoms with Crippen molar-refractivity contribution in [2.24, 2.45) is 0 Å². The summed E-state index contributed by atoms with van der Waals surface area (Å²) in [6, 6.07) is 14.1. The average Bonchev–Trinajstić information content (AvgIpc) is 3.27. The number of nitrogens with zero attached hydrogens (tertiary/aromatic N) is 4. The number of hydrogen-bond acceptors (Lipinski definition) is 4. The van der Waals surface area contributed by atoms with Gasteiger partial charge in [-0.25, -0.2) is 0 Å². The number of fused-ring (bicyclic) bond motifs is 2. The zero-order valence-electron chi connectivity index (χ0n) is 17.0. The van der Waals surface area contributed by atoms with E-state index in [1.807, 2.05) is 57.3 Å². The second-order valence-electron chi connectivity index (χ2n) is 8.31. The summed E-state index contributed by atoms with van der Waals surface area (Å²) in [4.78, 5) is 9.31. The summed E-state index contributed by atoms with van der Waals surface area (Å²) in [5.41, 5.74) is 7.16. The molecule has 0 saturated heterocycles. The largest absolute Gasteiger partial charge is 0.386 e. The molecule has 0 bridgehead atoms. The van der Waals surface area contributed by atoms with Gasteiger partial charge in [0.15, 0.2) is 0 Å². The van der Waals surface area contributed by atoms with Crippen molar-refractivity contribution in [1.29, 1.82) is 0 Å². The van der Waals surface area contributed by atoms with Crippen LogP contribution in [0, 0.1) is 6.92 Å². The fourth-order valence-electron chi connectivity index (χ4n) is 4.21. The molecule has 1 N–H and O–H groups in total. The van der Waals surface area contributed by atoms with Crippen LogP contribution < -0.4 is 0 Å². The molecular weight excluding hydrogens is 360 g/mol. The lowest BCUT2D eigenvalue weighted by Crippen LogP contribution is -2.15. The summed E-state index contributed by atoms with van der Waals surface area (Å²) in [5, 5.41) is 16.5. The van der Waals surface area contributed by atoms with Crippen molar-refractivity contribution in [3.63, 3.8) is 0 Å². The van der Waals surface area contributed by atoms with E-state index in [0.29, 0.717) is 0 Å². The first-order valence-corrected chi connectivity index (χ1v) is 10.1. The summed E-state index contributed by atoms with van der Waals surface area (Å²) >= 11 is 0. The van der Waals surface area contributed by atoms with E-state index in [1.165, 1.54) is 5.69 Å². The Morgan fingerprint density at radius 3 is 2.76 bits per heavy atom. The standard InChI is InChI=1S/C24H24N4O/c1-15-6-4-7-20(26-15)23-22(21-8-5-13-28(21)27-23)17-11-12-25-19-10-9-16(14-18(17)19)24(2,3)29/h4,6-7,9-12,14,29H,5,8,13H2,1-3H3. The highest BCUT2D eigenvalue weighted by Gasteiger charge is 2.26. The molecule has 0 unspecified atom stereocenters. The number of rotatable bonds is 3. The predicted molar refractivity (Wildman–Crippen MR) is 114 cm³/mol. The lowest BCUT2D eigenvalue weighted by Gasteiger charge is -2.19. The molecule has 5 rings (SSSR count). The molecule has 0 saturated carbocycles. The fraction of sp³-hybridized carbons (Fsp3) is 0.292. The van der Waals surface area contributed by atoms with E-state index in [1.54, 1.807) is 0 Å². The molecular formula is C24H24N4O. The van der Waals surface area contributed by atoms with Crippen molar-refractivity contribution in [1.82, 2.24) is 19.7 Å². The Labute approximate surface area is 170 Å². The Kier molecular flexibility index (Phi) is 4.03. The Morgan fingerprint density at radius 1 is 1.10 bits per heavy atom. The van der Waals surface area contributed by atoms with E-state index in [-0.39, 0.29) is 0 Å². The van der Waals surface area contributed by atoms with Gasteiger partial charge in [0, 0.05) is 35.1 Å². The molecule has 146 valence electrons. The molecule has 0 atom stereocenters. The second kappa shape index (κ2) is 6.49. The van der Waals surface area contributed by atoms with Gasteiger partial charge in [-0.15, -0.1) is 0 Å². The van der Waals surface area contributed by atoms with Crippen LogP contribution in [0.3, 0.4) is 0 Å². The van der Waals surface area contributed by atoms with Crippen molar-refractivity contribution in [2.45, 2.75) is 45.8 Å². The molecule has 0 amide bonds. The van der Waals surface area contributed by atoms with Crippen LogP contribution in [0.2, 0.25) is 0 Å². The van der Waals surface area contributed by atoms with Gasteiger partial charge in [-0.1, -0.05) is 12.1 Å². The van der Waals surface area contributed by atoms with Gasteiger partial charge in [-0.2, -0.15) is 5.10 Å². The molecule has 1 aromatic carbocycles. The maximum absolute atomic E-state index is 10.5. The van der Waals surface area contributed by atoms with E-state index in [2.05, 4.69) is 21.8 Å². The number of aryl methyl sites for hydroxylation is 2. The lowest BCUT2D eigenvalue weighted by molar-refractivity contribution is 0.0787. The average molecular weight is 384 g/mol. The Balaban J connectivity index is 1.81. The van der Waals surface area contributed by atoms with Crippen LogP contribution in [0.5, 0.6) is 0 Å². The molecule has 4 heterocycles. The highest BCUT2D eigenvalue weighted by molar-refractivity contribution is 5.99. The molecule has 4 aromatic rings. The zero-order chi connectivity index (χ0) is 20.2. The normalized spacial score (nSPS) is 13.8. The van der Waals surface area contributed by atoms with Crippen LogP contribution in [-0.2, 0) is 18.6 Å². The van der Waals surface area contributed by atoms with Crippen LogP contribution in [0.15, 0.2) is 48.7 Å². The van der Waals surface area contributed by atoms with Crippen molar-refractivity contribution < 1.29 is 5.11 Å². The first kappa shape index (κ1) is 18.0. The third-order valence-corrected chi connectivity index (χ3v) is 5.69. The molecule has 5 heteroatoms. The van der Waals surface area contributed by atoms with Gasteiger partial charge in [-0.05, 0) is 75.1 Å². The van der Waals surface area contributed by atoms with Crippen LogP contribution in [0.4, 0.5) is 0 Å². The third-order valence-electron chi connectivity index (χ3n) is 5.69. The second-order valence-corrected chi connectivity index (χ2v) is 8.31. The van der Waals surface area contributed by atoms with E-state index in [9.17, 15) is 5.11 Å². The molecule has 29 heavy (non-hydrogen) atoms. The van der Waals surface area contributed by atoms with E-state index < -0.39 is 5.60 Å². The maximum atomic E-state index is 10.5. The monoisotopic (exact) mass is 384 g/mol. The summed E-state index contributed by atoms with van der Waals surface area (Å²) in [7, 11) is 0. The molecule has 5 nitrogen and oxygen atoms in total. The van der Waals surface area contributed by atoms with Gasteiger partial charge in [0.05, 0.1) is 16.8 Å². The Hall–Kier alpha value is -3.05. The number of aliphatic hydroxyl groups is 1. The summed E-state index contributed by atoms with van der Waals surface area (Å²) in [5.74, 6) is 0. The van der Waals surface area contributed by atoms with Gasteiger partial charge in [0.1, 0.15) is 5.69 Å². The van der Waals surface area contributed by atoms with E-state index in [0.717, 1.165) is 64.1 Å².